The summed E-state index contributed by atoms with van der Waals surface area (Å²) in [6.07, 6.45) is -1.36. The highest BCUT2D eigenvalue weighted by atomic mass is 16.6. The third-order valence-corrected chi connectivity index (χ3v) is 8.19. The lowest BCUT2D eigenvalue weighted by Gasteiger charge is -2.66. The first kappa shape index (κ1) is 17.6. The van der Waals surface area contributed by atoms with Crippen molar-refractivity contribution in [3.8, 4) is 0 Å². The van der Waals surface area contributed by atoms with E-state index in [0.717, 1.165) is 5.57 Å². The van der Waals surface area contributed by atoms with Crippen LogP contribution in [0.25, 0.3) is 0 Å². The highest BCUT2D eigenvalue weighted by molar-refractivity contribution is 5.96. The normalized spacial score (nSPS) is 56.2. The molecule has 2 saturated heterocycles. The van der Waals surface area contributed by atoms with Gasteiger partial charge in [0.1, 0.15) is 18.3 Å². The molecule has 0 unspecified atom stereocenters. The van der Waals surface area contributed by atoms with Gasteiger partial charge in [0, 0.05) is 22.7 Å². The predicted molar refractivity (Wildman–Crippen MR) is 90.9 cm³/mol. The maximum Gasteiger partial charge on any atom is 0.306 e. The average molecular weight is 376 g/mol. The lowest BCUT2D eigenvalue weighted by atomic mass is 9.39. The lowest BCUT2D eigenvalue weighted by molar-refractivity contribution is -0.305. The van der Waals surface area contributed by atoms with Crippen molar-refractivity contribution in [1.29, 1.82) is 0 Å². The van der Waals surface area contributed by atoms with Crippen molar-refractivity contribution in [2.24, 2.45) is 28.6 Å². The van der Waals surface area contributed by atoms with Crippen molar-refractivity contribution in [2.45, 2.75) is 50.8 Å². The molecule has 5 aliphatic rings. The summed E-state index contributed by atoms with van der Waals surface area (Å²) in [6.45, 7) is 7.64. The zero-order valence-electron chi connectivity index (χ0n) is 15.3. The molecule has 0 aromatic rings. The largest absolute Gasteiger partial charge is 0.462 e. The third-order valence-electron chi connectivity index (χ3n) is 8.19. The Morgan fingerprint density at radius 1 is 1.22 bits per heavy atom. The number of ether oxygens (including phenoxy) is 2. The molecule has 1 spiro atoms. The quantitative estimate of drug-likeness (QED) is 0.405. The second-order valence-electron chi connectivity index (χ2n) is 9.15. The number of allylic oxidation sites excluding steroid dienone is 1. The molecule has 3 aliphatic carbocycles. The number of rotatable bonds is 0. The molecule has 2 aliphatic heterocycles. The van der Waals surface area contributed by atoms with Gasteiger partial charge in [-0.15, -0.1) is 0 Å². The summed E-state index contributed by atoms with van der Waals surface area (Å²) in [6, 6.07) is 0. The van der Waals surface area contributed by atoms with Crippen LogP contribution in [0.4, 0.5) is 0 Å². The Bertz CT molecular complexity index is 817. The van der Waals surface area contributed by atoms with Crippen molar-refractivity contribution < 1.29 is 34.4 Å². The molecule has 4 fully saturated rings. The summed E-state index contributed by atoms with van der Waals surface area (Å²) < 4.78 is 11.5. The van der Waals surface area contributed by atoms with Crippen LogP contribution in [0.1, 0.15) is 26.7 Å². The molecule has 3 N–H and O–H groups in total. The maximum absolute atomic E-state index is 12.5. The van der Waals surface area contributed by atoms with Crippen molar-refractivity contribution >= 4 is 11.8 Å². The molecule has 7 heteroatoms. The van der Waals surface area contributed by atoms with Gasteiger partial charge in [-0.3, -0.25) is 9.59 Å². The van der Waals surface area contributed by atoms with Gasteiger partial charge in [-0.05, 0) is 30.9 Å². The highest BCUT2D eigenvalue weighted by Crippen LogP contribution is 2.73. The Kier molecular flexibility index (Phi) is 3.18. The number of aliphatic hydroxyl groups is 3. The smallest absolute Gasteiger partial charge is 0.306 e. The van der Waals surface area contributed by atoms with E-state index < -0.39 is 52.5 Å². The zero-order chi connectivity index (χ0) is 19.5. The van der Waals surface area contributed by atoms with Crippen LogP contribution in [0, 0.1) is 28.6 Å². The highest BCUT2D eigenvalue weighted by Gasteiger charge is 2.81. The zero-order valence-corrected chi connectivity index (χ0v) is 15.3. The van der Waals surface area contributed by atoms with E-state index in [2.05, 4.69) is 6.58 Å². The average Bonchev–Trinajstić information content (AvgIpc) is 2.90. The first-order valence-electron chi connectivity index (χ1n) is 9.41. The van der Waals surface area contributed by atoms with E-state index in [4.69, 9.17) is 9.47 Å². The van der Waals surface area contributed by atoms with Gasteiger partial charge in [0.05, 0.1) is 13.0 Å². The molecule has 0 aromatic carbocycles. The number of esters is 1. The Hall–Kier alpha value is -1.54. The van der Waals surface area contributed by atoms with Gasteiger partial charge in [-0.2, -0.15) is 0 Å². The minimum atomic E-state index is -1.98. The Morgan fingerprint density at radius 3 is 2.63 bits per heavy atom. The Balaban J connectivity index is 1.79. The van der Waals surface area contributed by atoms with Crippen LogP contribution in [-0.2, 0) is 19.1 Å². The molecule has 7 nitrogen and oxygen atoms in total. The molecule has 146 valence electrons. The van der Waals surface area contributed by atoms with Crippen molar-refractivity contribution in [3.05, 3.63) is 23.8 Å². The van der Waals surface area contributed by atoms with Gasteiger partial charge in [-0.1, -0.05) is 19.1 Å². The van der Waals surface area contributed by atoms with Crippen LogP contribution < -0.4 is 0 Å². The number of hydrogen-bond donors (Lipinski definition) is 3. The van der Waals surface area contributed by atoms with Crippen molar-refractivity contribution in [3.63, 3.8) is 0 Å². The number of carbonyl (C=O) groups is 2. The lowest BCUT2D eigenvalue weighted by Crippen LogP contribution is -2.74. The van der Waals surface area contributed by atoms with E-state index in [1.54, 1.807) is 6.92 Å². The number of fused-ring (bicyclic) bond motifs is 1. The van der Waals surface area contributed by atoms with Gasteiger partial charge in [0.2, 0.25) is 0 Å². The SMILES string of the molecule is C=C1[C@@H](O)[C@]2(O)OC[C@]34[C@H]2[C@@]2(C)[C@H](O)C(=O)C=C(C)[C@H]2C[C@H]3OC(=O)C[C@@H]14. The number of carbonyl (C=O) groups excluding carboxylic acids is 2. The number of ketones is 1. The maximum atomic E-state index is 12.5. The molecular weight excluding hydrogens is 352 g/mol. The molecular formula is C20H24O7. The van der Waals surface area contributed by atoms with Crippen LogP contribution in [0.3, 0.4) is 0 Å². The second-order valence-corrected chi connectivity index (χ2v) is 9.15. The fraction of sp³-hybridized carbons (Fsp3) is 0.700. The molecule has 27 heavy (non-hydrogen) atoms. The molecule has 2 heterocycles. The number of aliphatic hydroxyl groups excluding tert-OH is 2. The van der Waals surface area contributed by atoms with Gasteiger partial charge in [0.25, 0.3) is 0 Å². The standard InChI is InChI=1S/C20H24O7/c1-8-4-12(21)16(24)18(3)10(8)5-13-19-7-26-20(25,17(18)19)15(23)9(2)11(19)6-14(22)27-13/h4,10-11,13,15-17,23-25H,2,5-7H2,1,3H3/t10-,11+,13-,15-,16-,17-,18-,19-,20+/m1/s1. The van der Waals surface area contributed by atoms with E-state index in [-0.39, 0.29) is 24.9 Å². The molecule has 0 amide bonds. The van der Waals surface area contributed by atoms with Gasteiger partial charge in [0.15, 0.2) is 11.6 Å². The van der Waals surface area contributed by atoms with Crippen LogP contribution in [0.15, 0.2) is 23.8 Å². The van der Waals surface area contributed by atoms with E-state index in [0.29, 0.717) is 12.0 Å². The molecule has 9 atom stereocenters. The second kappa shape index (κ2) is 4.89. The van der Waals surface area contributed by atoms with Crippen LogP contribution >= 0.6 is 0 Å². The van der Waals surface area contributed by atoms with Crippen molar-refractivity contribution in [2.75, 3.05) is 6.61 Å². The molecule has 2 saturated carbocycles. The van der Waals surface area contributed by atoms with Gasteiger partial charge < -0.3 is 24.8 Å². The van der Waals surface area contributed by atoms with Crippen LogP contribution in [-0.4, -0.2) is 57.8 Å². The third kappa shape index (κ3) is 1.69. The first-order valence-corrected chi connectivity index (χ1v) is 9.41. The van der Waals surface area contributed by atoms with E-state index in [1.807, 2.05) is 6.92 Å². The minimum Gasteiger partial charge on any atom is -0.462 e. The molecule has 5 rings (SSSR count). The molecule has 0 aromatic heterocycles. The summed E-state index contributed by atoms with van der Waals surface area (Å²) in [5, 5.41) is 33.3. The minimum absolute atomic E-state index is 0.0436. The fourth-order valence-corrected chi connectivity index (χ4v) is 7.14. The van der Waals surface area contributed by atoms with Crippen LogP contribution in [0.2, 0.25) is 0 Å². The van der Waals surface area contributed by atoms with Crippen molar-refractivity contribution in [1.82, 2.24) is 0 Å². The van der Waals surface area contributed by atoms with E-state index in [1.165, 1.54) is 6.08 Å². The molecule has 0 radical (unpaired) electrons. The number of hydrogen-bond acceptors (Lipinski definition) is 7. The predicted octanol–water partition coefficient (Wildman–Crippen LogP) is 0.0863. The van der Waals surface area contributed by atoms with Gasteiger partial charge in [-0.25, -0.2) is 0 Å². The summed E-state index contributed by atoms with van der Waals surface area (Å²) in [5.41, 5.74) is -0.730. The Morgan fingerprint density at radius 2 is 1.93 bits per heavy atom. The topological polar surface area (TPSA) is 113 Å². The monoisotopic (exact) mass is 376 g/mol. The summed E-state index contributed by atoms with van der Waals surface area (Å²) in [5.74, 6) is -4.25. The van der Waals surface area contributed by atoms with Crippen LogP contribution in [0.5, 0.6) is 0 Å². The first-order chi connectivity index (χ1) is 12.6. The molecule has 2 bridgehead atoms. The fourth-order valence-electron chi connectivity index (χ4n) is 7.14. The van der Waals surface area contributed by atoms with E-state index >= 15 is 0 Å². The summed E-state index contributed by atoms with van der Waals surface area (Å²) >= 11 is 0. The summed E-state index contributed by atoms with van der Waals surface area (Å²) in [7, 11) is 0. The summed E-state index contributed by atoms with van der Waals surface area (Å²) in [4.78, 5) is 24.8. The Labute approximate surface area is 156 Å². The van der Waals surface area contributed by atoms with E-state index in [9.17, 15) is 24.9 Å². The van der Waals surface area contributed by atoms with Gasteiger partial charge >= 0.3 is 5.97 Å².